The average molecular weight is 443 g/mol. The summed E-state index contributed by atoms with van der Waals surface area (Å²) < 4.78 is 22.6. The molecule has 2 heterocycles. The topological polar surface area (TPSA) is 47.3 Å². The number of nitrogens with zero attached hydrogens (tertiary/aromatic N) is 2. The molecule has 3 aromatic carbocycles. The normalized spacial score (nSPS) is 17.2. The van der Waals surface area contributed by atoms with Crippen LogP contribution < -0.4 is 0 Å². The number of benzene rings is 3. The molecule has 1 saturated heterocycles. The molecule has 4 aromatic rings. The number of fused-ring (bicyclic) bond motifs is 1. The molecule has 0 amide bonds. The van der Waals surface area contributed by atoms with Crippen LogP contribution in [0.1, 0.15) is 55.5 Å². The Kier molecular flexibility index (Phi) is 5.97. The van der Waals surface area contributed by atoms with Crippen molar-refractivity contribution in [2.75, 3.05) is 6.61 Å². The van der Waals surface area contributed by atoms with E-state index < -0.39 is 5.95 Å². The minimum absolute atomic E-state index is 0.214. The molecule has 1 atom stereocenters. The first kappa shape index (κ1) is 21.4. The van der Waals surface area contributed by atoms with Gasteiger partial charge < -0.3 is 9.84 Å². The molecular formula is C28H27FN2O2. The van der Waals surface area contributed by atoms with Crippen molar-refractivity contribution in [2.45, 2.75) is 38.8 Å². The van der Waals surface area contributed by atoms with E-state index in [1.54, 1.807) is 16.8 Å². The third-order valence-corrected chi connectivity index (χ3v) is 6.31. The largest absolute Gasteiger partial charge is 0.508 e. The smallest absolute Gasteiger partial charge is 0.240 e. The molecule has 5 rings (SSSR count). The van der Waals surface area contributed by atoms with E-state index in [0.29, 0.717) is 12.0 Å². The van der Waals surface area contributed by atoms with Crippen LogP contribution >= 0.6 is 0 Å². The van der Waals surface area contributed by atoms with Crippen LogP contribution in [0.4, 0.5) is 4.39 Å². The van der Waals surface area contributed by atoms with Crippen molar-refractivity contribution in [1.82, 2.24) is 9.78 Å². The standard InChI is InChI=1S/C28H27FN2O2/c1-2-23(19-8-4-3-5-9-19)27(20-11-14-22(32)15-12-20)21-13-16-25-24(18-21)28(29)30-31(25)26-10-6-7-17-33-26/h3-5,8-9,11-16,18,26,32H,2,6-7,10,17H2,1H3/b27-23+. The Balaban J connectivity index is 1.69. The van der Waals surface area contributed by atoms with Gasteiger partial charge in [0.05, 0.1) is 10.9 Å². The minimum atomic E-state index is -0.483. The number of halogens is 1. The Morgan fingerprint density at radius 3 is 2.45 bits per heavy atom. The number of allylic oxidation sites excluding steroid dienone is 1. The summed E-state index contributed by atoms with van der Waals surface area (Å²) in [5.41, 5.74) is 5.92. The first-order chi connectivity index (χ1) is 16.2. The number of aromatic hydroxyl groups is 1. The van der Waals surface area contributed by atoms with Crippen LogP contribution in [-0.2, 0) is 4.74 Å². The van der Waals surface area contributed by atoms with Gasteiger partial charge in [-0.2, -0.15) is 4.39 Å². The van der Waals surface area contributed by atoms with Crippen molar-refractivity contribution in [3.63, 3.8) is 0 Å². The number of ether oxygens (including phenoxy) is 1. The lowest BCUT2D eigenvalue weighted by Crippen LogP contribution is -2.19. The molecule has 1 aliphatic rings. The molecule has 33 heavy (non-hydrogen) atoms. The molecule has 0 bridgehead atoms. The zero-order chi connectivity index (χ0) is 22.8. The maximum absolute atomic E-state index is 15.0. The van der Waals surface area contributed by atoms with E-state index in [9.17, 15) is 5.11 Å². The fourth-order valence-electron chi connectivity index (χ4n) is 4.70. The lowest BCUT2D eigenvalue weighted by molar-refractivity contribution is -0.0375. The number of hydrogen-bond acceptors (Lipinski definition) is 3. The molecule has 1 aliphatic heterocycles. The Morgan fingerprint density at radius 2 is 1.76 bits per heavy atom. The van der Waals surface area contributed by atoms with Gasteiger partial charge >= 0.3 is 0 Å². The lowest BCUT2D eigenvalue weighted by atomic mass is 9.88. The number of aromatic nitrogens is 2. The predicted octanol–water partition coefficient (Wildman–Crippen LogP) is 6.95. The molecule has 0 spiro atoms. The first-order valence-electron chi connectivity index (χ1n) is 11.5. The third kappa shape index (κ3) is 4.16. The zero-order valence-electron chi connectivity index (χ0n) is 18.7. The highest BCUT2D eigenvalue weighted by Gasteiger charge is 2.22. The fourth-order valence-corrected chi connectivity index (χ4v) is 4.70. The van der Waals surface area contributed by atoms with E-state index in [2.05, 4.69) is 24.2 Å². The Bertz CT molecular complexity index is 1290. The fraction of sp³-hybridized carbons (Fsp3) is 0.250. The highest BCUT2D eigenvalue weighted by Crippen LogP contribution is 2.37. The summed E-state index contributed by atoms with van der Waals surface area (Å²) in [5, 5.41) is 14.5. The molecule has 0 aliphatic carbocycles. The van der Waals surface area contributed by atoms with Gasteiger partial charge in [-0.05, 0) is 77.8 Å². The summed E-state index contributed by atoms with van der Waals surface area (Å²) in [6.45, 7) is 2.80. The first-order valence-corrected chi connectivity index (χ1v) is 11.5. The second kappa shape index (κ2) is 9.20. The second-order valence-electron chi connectivity index (χ2n) is 8.41. The van der Waals surface area contributed by atoms with Crippen molar-refractivity contribution in [2.24, 2.45) is 0 Å². The molecule has 4 nitrogen and oxygen atoms in total. The summed E-state index contributed by atoms with van der Waals surface area (Å²) in [4.78, 5) is 0. The Hall–Kier alpha value is -3.44. The summed E-state index contributed by atoms with van der Waals surface area (Å²) in [6.07, 6.45) is 3.50. The van der Waals surface area contributed by atoms with Gasteiger partial charge in [0.25, 0.3) is 0 Å². The second-order valence-corrected chi connectivity index (χ2v) is 8.41. The summed E-state index contributed by atoms with van der Waals surface area (Å²) in [7, 11) is 0. The van der Waals surface area contributed by atoms with Gasteiger partial charge in [-0.1, -0.05) is 55.5 Å². The van der Waals surface area contributed by atoms with Crippen LogP contribution in [0.3, 0.4) is 0 Å². The summed E-state index contributed by atoms with van der Waals surface area (Å²) in [5.74, 6) is -0.269. The number of phenolic OH excluding ortho intramolecular Hbond substituents is 1. The minimum Gasteiger partial charge on any atom is -0.508 e. The van der Waals surface area contributed by atoms with Crippen molar-refractivity contribution >= 4 is 22.0 Å². The van der Waals surface area contributed by atoms with Crippen molar-refractivity contribution in [1.29, 1.82) is 0 Å². The summed E-state index contributed by atoms with van der Waals surface area (Å²) >= 11 is 0. The maximum Gasteiger partial charge on any atom is 0.240 e. The van der Waals surface area contributed by atoms with Crippen LogP contribution in [0.25, 0.3) is 22.0 Å². The van der Waals surface area contributed by atoms with Crippen LogP contribution in [0, 0.1) is 5.95 Å². The van der Waals surface area contributed by atoms with Crippen molar-refractivity contribution < 1.29 is 14.2 Å². The number of rotatable bonds is 5. The number of hydrogen-bond donors (Lipinski definition) is 1. The quantitative estimate of drug-likeness (QED) is 0.340. The molecule has 1 N–H and O–H groups in total. The molecular weight excluding hydrogens is 415 g/mol. The van der Waals surface area contributed by atoms with Crippen LogP contribution in [0.2, 0.25) is 0 Å². The Morgan fingerprint density at radius 1 is 1.00 bits per heavy atom. The zero-order valence-corrected chi connectivity index (χ0v) is 18.7. The van der Waals surface area contributed by atoms with E-state index in [4.69, 9.17) is 4.74 Å². The maximum atomic E-state index is 15.0. The molecule has 1 aromatic heterocycles. The van der Waals surface area contributed by atoms with Gasteiger partial charge in [-0.3, -0.25) is 0 Å². The number of phenols is 1. The average Bonchev–Trinajstić information content (AvgIpc) is 3.20. The molecule has 1 unspecified atom stereocenters. The highest BCUT2D eigenvalue weighted by atomic mass is 19.1. The molecule has 168 valence electrons. The van der Waals surface area contributed by atoms with E-state index >= 15 is 4.39 Å². The lowest BCUT2D eigenvalue weighted by Gasteiger charge is -2.23. The van der Waals surface area contributed by atoms with E-state index in [-0.39, 0.29) is 12.0 Å². The molecule has 1 fully saturated rings. The molecule has 0 radical (unpaired) electrons. The van der Waals surface area contributed by atoms with Gasteiger partial charge in [0.1, 0.15) is 5.75 Å². The van der Waals surface area contributed by atoms with Gasteiger partial charge in [0.2, 0.25) is 5.95 Å². The van der Waals surface area contributed by atoms with E-state index in [0.717, 1.165) is 59.0 Å². The third-order valence-electron chi connectivity index (χ3n) is 6.31. The van der Waals surface area contributed by atoms with E-state index in [1.165, 1.54) is 0 Å². The van der Waals surface area contributed by atoms with Gasteiger partial charge in [0.15, 0.2) is 6.23 Å². The van der Waals surface area contributed by atoms with Crippen LogP contribution in [-0.4, -0.2) is 21.5 Å². The van der Waals surface area contributed by atoms with Gasteiger partial charge in [-0.15, -0.1) is 5.10 Å². The monoisotopic (exact) mass is 442 g/mol. The van der Waals surface area contributed by atoms with E-state index in [1.807, 2.05) is 48.5 Å². The van der Waals surface area contributed by atoms with Crippen LogP contribution in [0.5, 0.6) is 5.75 Å². The van der Waals surface area contributed by atoms with Gasteiger partial charge in [-0.25, -0.2) is 4.68 Å². The summed E-state index contributed by atoms with van der Waals surface area (Å²) in [6, 6.07) is 23.3. The Labute approximate surface area is 192 Å². The molecule has 5 heteroatoms. The van der Waals surface area contributed by atoms with Crippen molar-refractivity contribution in [3.8, 4) is 5.75 Å². The SMILES string of the molecule is CC/C(=C(/c1ccc(O)cc1)c1ccc2c(c1)c(F)nn2C1CCCCO1)c1ccccc1. The predicted molar refractivity (Wildman–Crippen MR) is 129 cm³/mol. The highest BCUT2D eigenvalue weighted by molar-refractivity contribution is 6.00. The van der Waals surface area contributed by atoms with Crippen LogP contribution in [0.15, 0.2) is 72.8 Å². The van der Waals surface area contributed by atoms with Crippen molar-refractivity contribution in [3.05, 3.63) is 95.4 Å². The molecule has 0 saturated carbocycles. The van der Waals surface area contributed by atoms with Gasteiger partial charge in [0, 0.05) is 6.61 Å².